The molecule has 1 rings (SSSR count). The summed E-state index contributed by atoms with van der Waals surface area (Å²) in [5.41, 5.74) is -1.78. The highest BCUT2D eigenvalue weighted by atomic mass is 19.1. The molecule has 13 heavy (non-hydrogen) atoms. The van der Waals surface area contributed by atoms with Crippen LogP contribution in [0.15, 0.2) is 4.42 Å². The Morgan fingerprint density at radius 3 is 1.69 bits per heavy atom. The molecule has 0 N–H and O–H groups in total. The minimum atomic E-state index is -1.56. The average molecular weight is 186 g/mol. The van der Waals surface area contributed by atoms with E-state index in [0.29, 0.717) is 5.89 Å². The Balaban J connectivity index is 3.01. The Morgan fingerprint density at radius 1 is 1.00 bits per heavy atom. The molecule has 0 radical (unpaired) electrons. The molecule has 74 valence electrons. The zero-order valence-electron chi connectivity index (χ0n) is 8.68. The third-order valence-electron chi connectivity index (χ3n) is 1.58. The first-order valence-electron chi connectivity index (χ1n) is 4.24. The predicted octanol–water partition coefficient (Wildman–Crippen LogP) is 2.57. The standard InChI is InChI=1S/C9H15FN2O/c1-8(2,3)6-11-12-7(13-6)9(4,5)10/h1-5H3. The van der Waals surface area contributed by atoms with E-state index >= 15 is 0 Å². The van der Waals surface area contributed by atoms with Gasteiger partial charge in [-0.3, -0.25) is 0 Å². The summed E-state index contributed by atoms with van der Waals surface area (Å²) in [5.74, 6) is 0.505. The number of rotatable bonds is 1. The summed E-state index contributed by atoms with van der Waals surface area (Å²) >= 11 is 0. The van der Waals surface area contributed by atoms with Crippen LogP contribution in [0.5, 0.6) is 0 Å². The minimum absolute atomic E-state index is 0.0393. The average Bonchev–Trinajstić information content (AvgIpc) is 2.28. The van der Waals surface area contributed by atoms with Crippen LogP contribution in [0.25, 0.3) is 0 Å². The Labute approximate surface area is 77.4 Å². The Kier molecular flexibility index (Phi) is 2.18. The van der Waals surface area contributed by atoms with Crippen LogP contribution in [0.1, 0.15) is 46.4 Å². The van der Waals surface area contributed by atoms with E-state index in [0.717, 1.165) is 0 Å². The smallest absolute Gasteiger partial charge is 0.253 e. The second-order valence-electron chi connectivity index (χ2n) is 4.63. The quantitative estimate of drug-likeness (QED) is 0.676. The maximum Gasteiger partial charge on any atom is 0.253 e. The van der Waals surface area contributed by atoms with Crippen LogP contribution >= 0.6 is 0 Å². The molecule has 0 amide bonds. The molecule has 0 aliphatic heterocycles. The molecule has 0 spiro atoms. The van der Waals surface area contributed by atoms with Gasteiger partial charge in [-0.2, -0.15) is 0 Å². The molecule has 0 aliphatic rings. The second-order valence-corrected chi connectivity index (χ2v) is 4.63. The maximum absolute atomic E-state index is 13.3. The fraction of sp³-hybridized carbons (Fsp3) is 0.778. The molecule has 0 aliphatic carbocycles. The summed E-state index contributed by atoms with van der Waals surface area (Å²) in [5, 5.41) is 7.46. The molecule has 1 aromatic heterocycles. The van der Waals surface area contributed by atoms with Gasteiger partial charge < -0.3 is 4.42 Å². The van der Waals surface area contributed by atoms with Gasteiger partial charge in [-0.15, -0.1) is 10.2 Å². The lowest BCUT2D eigenvalue weighted by molar-refractivity contribution is 0.163. The molecule has 3 nitrogen and oxygen atoms in total. The molecule has 1 aromatic rings. The third-order valence-corrected chi connectivity index (χ3v) is 1.58. The van der Waals surface area contributed by atoms with Crippen molar-refractivity contribution in [1.29, 1.82) is 0 Å². The minimum Gasteiger partial charge on any atom is -0.421 e. The highest BCUT2D eigenvalue weighted by molar-refractivity contribution is 4.99. The van der Waals surface area contributed by atoms with E-state index in [1.165, 1.54) is 13.8 Å². The first-order valence-corrected chi connectivity index (χ1v) is 4.24. The van der Waals surface area contributed by atoms with Gasteiger partial charge >= 0.3 is 0 Å². The van der Waals surface area contributed by atoms with E-state index in [2.05, 4.69) is 10.2 Å². The number of hydrogen-bond acceptors (Lipinski definition) is 3. The lowest BCUT2D eigenvalue weighted by Crippen LogP contribution is -2.11. The largest absolute Gasteiger partial charge is 0.421 e. The van der Waals surface area contributed by atoms with E-state index in [9.17, 15) is 4.39 Å². The molecule has 0 bridgehead atoms. The molecule has 0 aromatic carbocycles. The van der Waals surface area contributed by atoms with Crippen LogP contribution in [0, 0.1) is 0 Å². The van der Waals surface area contributed by atoms with E-state index in [-0.39, 0.29) is 11.3 Å². The lowest BCUT2D eigenvalue weighted by Gasteiger charge is -2.12. The fourth-order valence-corrected chi connectivity index (χ4v) is 0.767. The SMILES string of the molecule is CC(C)(C)c1nnc(C(C)(C)F)o1. The zero-order valence-corrected chi connectivity index (χ0v) is 8.68. The van der Waals surface area contributed by atoms with Gasteiger partial charge in [-0.25, -0.2) is 4.39 Å². The molecular weight excluding hydrogens is 171 g/mol. The van der Waals surface area contributed by atoms with Crippen molar-refractivity contribution in [2.45, 2.75) is 45.7 Å². The number of hydrogen-bond donors (Lipinski definition) is 0. The van der Waals surface area contributed by atoms with Crippen LogP contribution in [-0.4, -0.2) is 10.2 Å². The maximum atomic E-state index is 13.3. The number of halogens is 1. The molecule has 0 saturated carbocycles. The zero-order chi connectivity index (χ0) is 10.3. The van der Waals surface area contributed by atoms with Crippen molar-refractivity contribution in [3.05, 3.63) is 11.8 Å². The normalized spacial score (nSPS) is 13.4. The molecule has 0 saturated heterocycles. The topological polar surface area (TPSA) is 38.9 Å². The van der Waals surface area contributed by atoms with E-state index in [4.69, 9.17) is 4.42 Å². The van der Waals surface area contributed by atoms with Crippen molar-refractivity contribution in [3.8, 4) is 0 Å². The Morgan fingerprint density at radius 2 is 1.46 bits per heavy atom. The van der Waals surface area contributed by atoms with Crippen LogP contribution < -0.4 is 0 Å². The fourth-order valence-electron chi connectivity index (χ4n) is 0.767. The predicted molar refractivity (Wildman–Crippen MR) is 47.1 cm³/mol. The van der Waals surface area contributed by atoms with Crippen LogP contribution in [0.3, 0.4) is 0 Å². The highest BCUT2D eigenvalue weighted by Crippen LogP contribution is 2.27. The number of alkyl halides is 1. The van der Waals surface area contributed by atoms with Gasteiger partial charge in [0, 0.05) is 5.41 Å². The van der Waals surface area contributed by atoms with Crippen LogP contribution in [0.2, 0.25) is 0 Å². The molecule has 0 unspecified atom stereocenters. The van der Waals surface area contributed by atoms with Crippen molar-refractivity contribution in [2.24, 2.45) is 0 Å². The van der Waals surface area contributed by atoms with Crippen molar-refractivity contribution in [2.75, 3.05) is 0 Å². The first-order chi connectivity index (χ1) is 5.71. The van der Waals surface area contributed by atoms with Crippen LogP contribution in [-0.2, 0) is 11.1 Å². The first kappa shape index (κ1) is 10.2. The van der Waals surface area contributed by atoms with Crippen molar-refractivity contribution >= 4 is 0 Å². The third kappa shape index (κ3) is 2.26. The summed E-state index contributed by atoms with van der Waals surface area (Å²) in [6.45, 7) is 8.61. The molecule has 1 heterocycles. The van der Waals surface area contributed by atoms with Gasteiger partial charge in [0.25, 0.3) is 5.89 Å². The molecule has 0 fully saturated rings. The van der Waals surface area contributed by atoms with E-state index < -0.39 is 5.67 Å². The van der Waals surface area contributed by atoms with Gasteiger partial charge in [0.1, 0.15) is 0 Å². The summed E-state index contributed by atoms with van der Waals surface area (Å²) in [7, 11) is 0. The van der Waals surface area contributed by atoms with Gasteiger partial charge in [0.05, 0.1) is 0 Å². The van der Waals surface area contributed by atoms with Crippen molar-refractivity contribution in [3.63, 3.8) is 0 Å². The molecule has 4 heteroatoms. The summed E-state index contributed by atoms with van der Waals surface area (Å²) in [4.78, 5) is 0. The Hall–Kier alpha value is -0.930. The highest BCUT2D eigenvalue weighted by Gasteiger charge is 2.29. The number of nitrogens with zero attached hydrogens (tertiary/aromatic N) is 2. The Bertz CT molecular complexity index is 265. The van der Waals surface area contributed by atoms with Crippen molar-refractivity contribution in [1.82, 2.24) is 10.2 Å². The number of aromatic nitrogens is 2. The van der Waals surface area contributed by atoms with Crippen molar-refractivity contribution < 1.29 is 8.81 Å². The van der Waals surface area contributed by atoms with E-state index in [1.807, 2.05) is 20.8 Å². The summed E-state index contributed by atoms with van der Waals surface area (Å²) < 4.78 is 18.5. The summed E-state index contributed by atoms with van der Waals surface area (Å²) in [6.07, 6.45) is 0. The monoisotopic (exact) mass is 186 g/mol. The molecule has 0 atom stereocenters. The second kappa shape index (κ2) is 2.79. The van der Waals surface area contributed by atoms with Gasteiger partial charge in [0.15, 0.2) is 5.67 Å². The van der Waals surface area contributed by atoms with Crippen LogP contribution in [0.4, 0.5) is 4.39 Å². The van der Waals surface area contributed by atoms with Gasteiger partial charge in [0.2, 0.25) is 5.89 Å². The lowest BCUT2D eigenvalue weighted by atomic mass is 9.97. The van der Waals surface area contributed by atoms with E-state index in [1.54, 1.807) is 0 Å². The van der Waals surface area contributed by atoms with Gasteiger partial charge in [-0.05, 0) is 13.8 Å². The van der Waals surface area contributed by atoms with Gasteiger partial charge in [-0.1, -0.05) is 20.8 Å². The molecular formula is C9H15FN2O. The summed E-state index contributed by atoms with van der Waals surface area (Å²) in [6, 6.07) is 0.